The number of hydrogen-bond donors (Lipinski definition) is 2. The van der Waals surface area contributed by atoms with E-state index in [2.05, 4.69) is 127 Å². The first kappa shape index (κ1) is 26.7. The smallest absolute Gasteiger partial charge is 0.0564 e. The van der Waals surface area contributed by atoms with E-state index in [1.165, 1.54) is 53.6 Å². The van der Waals surface area contributed by atoms with E-state index in [1.54, 1.807) is 0 Å². The van der Waals surface area contributed by atoms with Gasteiger partial charge in [0.1, 0.15) is 0 Å². The number of nitrogens with two attached hydrogens (primary N) is 2. The third-order valence-electron chi connectivity index (χ3n) is 7.45. The van der Waals surface area contributed by atoms with Gasteiger partial charge in [-0.05, 0) is 51.1 Å². The van der Waals surface area contributed by atoms with Gasteiger partial charge >= 0.3 is 0 Å². The second-order valence-corrected chi connectivity index (χ2v) is 11.1. The Morgan fingerprint density at radius 2 is 1.05 bits per heavy atom. The zero-order chi connectivity index (χ0) is 28.0. The Kier molecular flexibility index (Phi) is 8.01. The van der Waals surface area contributed by atoms with Crippen LogP contribution in [0.25, 0.3) is 42.4 Å². The van der Waals surface area contributed by atoms with Gasteiger partial charge in [0.2, 0.25) is 0 Å². The first-order chi connectivity index (χ1) is 20.2. The van der Waals surface area contributed by atoms with Crippen LogP contribution in [0.4, 0.5) is 0 Å². The number of hydrogen-bond acceptors (Lipinski definition) is 3. The molecule has 0 bridgehead atoms. The van der Waals surface area contributed by atoms with Crippen molar-refractivity contribution in [3.8, 4) is 22.3 Å². The lowest BCUT2D eigenvalue weighted by Gasteiger charge is -2.18. The Bertz CT molecular complexity index is 1870. The summed E-state index contributed by atoms with van der Waals surface area (Å²) in [5, 5.41) is 2.58. The Hall–Kier alpha value is -4.54. The van der Waals surface area contributed by atoms with Crippen molar-refractivity contribution in [3.63, 3.8) is 0 Å². The molecule has 1 atom stereocenters. The molecule has 0 fully saturated rings. The van der Waals surface area contributed by atoms with Gasteiger partial charge in [-0.3, -0.25) is 0 Å². The Morgan fingerprint density at radius 1 is 0.488 bits per heavy atom. The molecule has 1 heterocycles. The Labute approximate surface area is 245 Å². The molecular weight excluding hydrogens is 516 g/mol. The molecule has 41 heavy (non-hydrogen) atoms. The summed E-state index contributed by atoms with van der Waals surface area (Å²) in [6.07, 6.45) is 0. The lowest BCUT2D eigenvalue weighted by molar-refractivity contribution is 0.884. The zero-order valence-corrected chi connectivity index (χ0v) is 23.6. The number of rotatable bonds is 5. The van der Waals surface area contributed by atoms with Crippen molar-refractivity contribution in [2.75, 3.05) is 0 Å². The summed E-state index contributed by atoms with van der Waals surface area (Å²) < 4.78 is 2.60. The highest BCUT2D eigenvalue weighted by Crippen LogP contribution is 2.40. The molecule has 7 aromatic rings. The second kappa shape index (κ2) is 12.3. The van der Waals surface area contributed by atoms with Crippen molar-refractivity contribution in [3.05, 3.63) is 168 Å². The first-order valence-electron chi connectivity index (χ1n) is 13.9. The van der Waals surface area contributed by atoms with E-state index >= 15 is 0 Å². The lowest BCUT2D eigenvalue weighted by Crippen LogP contribution is -2.13. The molecule has 1 aromatic heterocycles. The van der Waals surface area contributed by atoms with Crippen LogP contribution in [0.1, 0.15) is 22.7 Å². The quantitative estimate of drug-likeness (QED) is 0.225. The summed E-state index contributed by atoms with van der Waals surface area (Å²) in [5.74, 6) is 0. The molecule has 0 spiro atoms. The van der Waals surface area contributed by atoms with Gasteiger partial charge in [0, 0.05) is 26.7 Å². The molecule has 200 valence electrons. The second-order valence-electron chi connectivity index (χ2n) is 10.0. The van der Waals surface area contributed by atoms with Crippen LogP contribution < -0.4 is 11.5 Å². The van der Waals surface area contributed by atoms with Gasteiger partial charge in [0.25, 0.3) is 0 Å². The van der Waals surface area contributed by atoms with Crippen molar-refractivity contribution in [2.24, 2.45) is 11.5 Å². The van der Waals surface area contributed by atoms with Crippen LogP contribution in [0.5, 0.6) is 0 Å². The van der Waals surface area contributed by atoms with Crippen molar-refractivity contribution >= 4 is 31.5 Å². The fraction of sp³-hybridized carbons (Fsp3) is 0.0526. The summed E-state index contributed by atoms with van der Waals surface area (Å²) in [5.41, 5.74) is 20.8. The number of fused-ring (bicyclic) bond motifs is 3. The van der Waals surface area contributed by atoms with E-state index in [0.29, 0.717) is 6.54 Å². The minimum atomic E-state index is -0.178. The summed E-state index contributed by atoms with van der Waals surface area (Å²) in [4.78, 5) is 0. The molecule has 0 radical (unpaired) electrons. The first-order valence-corrected chi connectivity index (χ1v) is 14.7. The van der Waals surface area contributed by atoms with Crippen molar-refractivity contribution in [2.45, 2.75) is 12.6 Å². The van der Waals surface area contributed by atoms with Gasteiger partial charge in [-0.25, -0.2) is 0 Å². The Balaban J connectivity index is 0.000000182. The Morgan fingerprint density at radius 3 is 1.78 bits per heavy atom. The van der Waals surface area contributed by atoms with Crippen LogP contribution in [0, 0.1) is 0 Å². The minimum Gasteiger partial charge on any atom is -0.326 e. The number of benzene rings is 6. The summed E-state index contributed by atoms with van der Waals surface area (Å²) >= 11 is 1.83. The number of thiophene rings is 1. The molecule has 0 aliphatic carbocycles. The molecule has 0 aliphatic heterocycles. The monoisotopic (exact) mass is 548 g/mol. The highest BCUT2D eigenvalue weighted by Gasteiger charge is 2.18. The van der Waals surface area contributed by atoms with Crippen molar-refractivity contribution < 1.29 is 0 Å². The van der Waals surface area contributed by atoms with Gasteiger partial charge in [-0.15, -0.1) is 11.3 Å². The van der Waals surface area contributed by atoms with E-state index in [-0.39, 0.29) is 6.04 Å². The summed E-state index contributed by atoms with van der Waals surface area (Å²) in [6.45, 7) is 0.606. The molecule has 2 nitrogen and oxygen atoms in total. The molecule has 1 unspecified atom stereocenters. The highest BCUT2D eigenvalue weighted by molar-refractivity contribution is 7.25. The van der Waals surface area contributed by atoms with Gasteiger partial charge in [-0.1, -0.05) is 140 Å². The largest absolute Gasteiger partial charge is 0.326 e. The molecule has 0 saturated carbocycles. The lowest BCUT2D eigenvalue weighted by atomic mass is 9.89. The predicted octanol–water partition coefficient (Wildman–Crippen LogP) is 9.58. The fourth-order valence-corrected chi connectivity index (χ4v) is 6.48. The van der Waals surface area contributed by atoms with E-state index in [1.807, 2.05) is 35.6 Å². The maximum Gasteiger partial charge on any atom is 0.0564 e. The summed E-state index contributed by atoms with van der Waals surface area (Å²) in [6, 6.07) is 52.6. The molecular formula is C38H32N2S. The highest BCUT2D eigenvalue weighted by atomic mass is 32.1. The van der Waals surface area contributed by atoms with Crippen molar-refractivity contribution in [1.82, 2.24) is 0 Å². The summed E-state index contributed by atoms with van der Waals surface area (Å²) in [7, 11) is 0. The standard InChI is InChI=1S/C25H19NS.C13H13N/c26-25(19-12-5-4-11-18(19)17-9-2-1-3-10-17)21-14-8-16-23-24(21)20-13-6-7-15-22(20)27-23;14-10-11-6-8-13(9-7-11)12-4-2-1-3-5-12/h1-16,25H,26H2;1-9H,10,14H2. The third kappa shape index (κ3) is 5.70. The molecule has 3 heteroatoms. The van der Waals surface area contributed by atoms with Gasteiger partial charge in [-0.2, -0.15) is 0 Å². The fourth-order valence-electron chi connectivity index (χ4n) is 5.34. The van der Waals surface area contributed by atoms with Crippen LogP contribution in [0.15, 0.2) is 152 Å². The maximum atomic E-state index is 6.88. The zero-order valence-electron chi connectivity index (χ0n) is 22.8. The average molecular weight is 549 g/mol. The normalized spacial score (nSPS) is 11.7. The molecule has 7 rings (SSSR count). The van der Waals surface area contributed by atoms with Gasteiger partial charge in [0.15, 0.2) is 0 Å². The van der Waals surface area contributed by atoms with Crippen LogP contribution in [-0.2, 0) is 6.54 Å². The van der Waals surface area contributed by atoms with E-state index in [0.717, 1.165) is 5.56 Å². The predicted molar refractivity (Wildman–Crippen MR) is 177 cm³/mol. The third-order valence-corrected chi connectivity index (χ3v) is 8.58. The van der Waals surface area contributed by atoms with Crippen LogP contribution >= 0.6 is 11.3 Å². The van der Waals surface area contributed by atoms with Crippen LogP contribution in [0.3, 0.4) is 0 Å². The van der Waals surface area contributed by atoms with Crippen molar-refractivity contribution in [1.29, 1.82) is 0 Å². The van der Waals surface area contributed by atoms with Crippen LogP contribution in [-0.4, -0.2) is 0 Å². The van der Waals surface area contributed by atoms with Gasteiger partial charge in [0.05, 0.1) is 6.04 Å². The molecule has 0 amide bonds. The van der Waals surface area contributed by atoms with Crippen LogP contribution in [0.2, 0.25) is 0 Å². The van der Waals surface area contributed by atoms with E-state index in [9.17, 15) is 0 Å². The molecule has 6 aromatic carbocycles. The minimum absolute atomic E-state index is 0.178. The maximum absolute atomic E-state index is 6.88. The van der Waals surface area contributed by atoms with Gasteiger partial charge < -0.3 is 11.5 Å². The SMILES string of the molecule is NC(c1ccccc1-c1ccccc1)c1cccc2sc3ccccc3c12.NCc1ccc(-c2ccccc2)cc1. The van der Waals surface area contributed by atoms with E-state index < -0.39 is 0 Å². The molecule has 4 N–H and O–H groups in total. The molecule has 0 aliphatic rings. The molecule has 0 saturated heterocycles. The average Bonchev–Trinajstić information content (AvgIpc) is 3.45. The van der Waals surface area contributed by atoms with E-state index in [4.69, 9.17) is 11.5 Å². The topological polar surface area (TPSA) is 52.0 Å².